The van der Waals surface area contributed by atoms with Crippen LogP contribution in [0.1, 0.15) is 44.3 Å². The molecule has 1 aliphatic rings. The zero-order chi connectivity index (χ0) is 9.59. The van der Waals surface area contributed by atoms with E-state index in [-0.39, 0.29) is 17.7 Å². The first-order valence-corrected chi connectivity index (χ1v) is 4.64. The highest BCUT2D eigenvalue weighted by molar-refractivity contribution is 5.36. The van der Waals surface area contributed by atoms with Crippen molar-refractivity contribution in [3.05, 3.63) is 11.5 Å². The van der Waals surface area contributed by atoms with Gasteiger partial charge in [-0.05, 0) is 26.7 Å². The molecule has 1 aliphatic carbocycles. The second kappa shape index (κ2) is 2.72. The molecule has 1 aromatic heterocycles. The molecular weight excluding hydrogens is 169 g/mol. The fourth-order valence-corrected chi connectivity index (χ4v) is 1.46. The summed E-state index contributed by atoms with van der Waals surface area (Å²) in [6.07, 6.45) is 2.09. The van der Waals surface area contributed by atoms with Gasteiger partial charge in [0.05, 0.1) is 0 Å². The first-order chi connectivity index (χ1) is 6.11. The zero-order valence-electron chi connectivity index (χ0n) is 7.92. The molecule has 0 aromatic carbocycles. The Bertz CT molecular complexity index is 303. The molecule has 1 fully saturated rings. The fraction of sp³-hybridized carbons (Fsp3) is 0.667. The first kappa shape index (κ1) is 8.53. The lowest BCUT2D eigenvalue weighted by Crippen LogP contribution is -2.07. The van der Waals surface area contributed by atoms with E-state index >= 15 is 0 Å². The van der Waals surface area contributed by atoms with Crippen molar-refractivity contribution >= 4 is 5.82 Å². The summed E-state index contributed by atoms with van der Waals surface area (Å²) in [7, 11) is 0. The van der Waals surface area contributed by atoms with Gasteiger partial charge in [-0.3, -0.25) is 0 Å². The minimum Gasteiger partial charge on any atom is -0.381 e. The summed E-state index contributed by atoms with van der Waals surface area (Å²) in [5, 5.41) is 4.19. The molecule has 4 heteroatoms. The standard InChI is InChI=1S/C9H14FN3/c1-5(2)13-9(11)7(10)8(12-13)6-3-4-6/h5-6H,3-4,11H2,1-2H3. The lowest BCUT2D eigenvalue weighted by atomic mass is 10.3. The minimum atomic E-state index is -0.309. The number of anilines is 1. The number of hydrogen-bond donors (Lipinski definition) is 1. The maximum Gasteiger partial charge on any atom is 0.188 e. The van der Waals surface area contributed by atoms with E-state index in [9.17, 15) is 4.39 Å². The quantitative estimate of drug-likeness (QED) is 0.762. The first-order valence-electron chi connectivity index (χ1n) is 4.64. The molecule has 0 unspecified atom stereocenters. The van der Waals surface area contributed by atoms with Crippen molar-refractivity contribution in [2.45, 2.75) is 38.6 Å². The molecule has 0 saturated heterocycles. The van der Waals surface area contributed by atoms with Crippen LogP contribution in [0.4, 0.5) is 10.2 Å². The van der Waals surface area contributed by atoms with Crippen molar-refractivity contribution in [3.63, 3.8) is 0 Å². The Morgan fingerprint density at radius 3 is 2.54 bits per heavy atom. The van der Waals surface area contributed by atoms with E-state index in [0.29, 0.717) is 11.6 Å². The van der Waals surface area contributed by atoms with Crippen molar-refractivity contribution in [1.82, 2.24) is 9.78 Å². The third kappa shape index (κ3) is 1.30. The molecule has 2 N–H and O–H groups in total. The highest BCUT2D eigenvalue weighted by Gasteiger charge is 2.31. The Balaban J connectivity index is 2.42. The van der Waals surface area contributed by atoms with Gasteiger partial charge in [0.2, 0.25) is 0 Å². The van der Waals surface area contributed by atoms with Crippen LogP contribution in [-0.2, 0) is 0 Å². The molecule has 1 heterocycles. The summed E-state index contributed by atoms with van der Waals surface area (Å²) >= 11 is 0. The van der Waals surface area contributed by atoms with Crippen molar-refractivity contribution in [2.24, 2.45) is 0 Å². The van der Waals surface area contributed by atoms with Gasteiger partial charge in [0.25, 0.3) is 0 Å². The highest BCUT2D eigenvalue weighted by atomic mass is 19.1. The maximum absolute atomic E-state index is 13.5. The number of rotatable bonds is 2. The molecule has 3 nitrogen and oxygen atoms in total. The van der Waals surface area contributed by atoms with Gasteiger partial charge in [-0.1, -0.05) is 0 Å². The number of aromatic nitrogens is 2. The molecule has 2 rings (SSSR count). The number of nitrogens with two attached hydrogens (primary N) is 1. The van der Waals surface area contributed by atoms with Crippen LogP contribution < -0.4 is 5.73 Å². The minimum absolute atomic E-state index is 0.127. The monoisotopic (exact) mass is 183 g/mol. The predicted octanol–water partition coefficient (Wildman–Crippen LogP) is 2.06. The van der Waals surface area contributed by atoms with Crippen LogP contribution >= 0.6 is 0 Å². The highest BCUT2D eigenvalue weighted by Crippen LogP contribution is 2.41. The smallest absolute Gasteiger partial charge is 0.188 e. The van der Waals surface area contributed by atoms with Crippen LogP contribution in [0, 0.1) is 5.82 Å². The third-order valence-electron chi connectivity index (χ3n) is 2.37. The van der Waals surface area contributed by atoms with Crippen LogP contribution in [0.3, 0.4) is 0 Å². The van der Waals surface area contributed by atoms with E-state index in [1.54, 1.807) is 4.68 Å². The normalized spacial score (nSPS) is 16.9. The molecule has 0 bridgehead atoms. The van der Waals surface area contributed by atoms with Gasteiger partial charge in [0, 0.05) is 12.0 Å². The van der Waals surface area contributed by atoms with E-state index in [4.69, 9.17) is 5.73 Å². The number of halogens is 1. The van der Waals surface area contributed by atoms with Crippen LogP contribution in [0.25, 0.3) is 0 Å². The zero-order valence-corrected chi connectivity index (χ0v) is 7.92. The van der Waals surface area contributed by atoms with Gasteiger partial charge in [0.15, 0.2) is 11.6 Å². The molecule has 1 aromatic rings. The van der Waals surface area contributed by atoms with Gasteiger partial charge in [0.1, 0.15) is 5.69 Å². The summed E-state index contributed by atoms with van der Waals surface area (Å²) in [6, 6.07) is 0.127. The van der Waals surface area contributed by atoms with E-state index in [1.165, 1.54) is 0 Å². The molecule has 0 amide bonds. The van der Waals surface area contributed by atoms with Crippen LogP contribution in [0.2, 0.25) is 0 Å². The lowest BCUT2D eigenvalue weighted by Gasteiger charge is -2.06. The van der Waals surface area contributed by atoms with Crippen LogP contribution in [0.5, 0.6) is 0 Å². The summed E-state index contributed by atoms with van der Waals surface area (Å²) in [5.74, 6) is 0.190. The number of hydrogen-bond acceptors (Lipinski definition) is 2. The van der Waals surface area contributed by atoms with E-state index in [2.05, 4.69) is 5.10 Å². The second-order valence-corrected chi connectivity index (χ2v) is 3.90. The Kier molecular flexibility index (Phi) is 1.78. The Labute approximate surface area is 76.7 Å². The average Bonchev–Trinajstić information content (AvgIpc) is 2.83. The van der Waals surface area contributed by atoms with Crippen molar-refractivity contribution < 1.29 is 4.39 Å². The van der Waals surface area contributed by atoms with Gasteiger partial charge in [-0.15, -0.1) is 0 Å². The van der Waals surface area contributed by atoms with Crippen molar-refractivity contribution in [3.8, 4) is 0 Å². The fourth-order valence-electron chi connectivity index (χ4n) is 1.46. The maximum atomic E-state index is 13.5. The van der Waals surface area contributed by atoms with Gasteiger partial charge in [-0.2, -0.15) is 5.10 Å². The molecule has 0 atom stereocenters. The van der Waals surface area contributed by atoms with Crippen LogP contribution in [0.15, 0.2) is 0 Å². The predicted molar refractivity (Wildman–Crippen MR) is 49.0 cm³/mol. The summed E-state index contributed by atoms with van der Waals surface area (Å²) in [6.45, 7) is 3.89. The average molecular weight is 183 g/mol. The summed E-state index contributed by atoms with van der Waals surface area (Å²) < 4.78 is 15.0. The van der Waals surface area contributed by atoms with E-state index in [1.807, 2.05) is 13.8 Å². The molecule has 1 saturated carbocycles. The number of nitrogens with zero attached hydrogens (tertiary/aromatic N) is 2. The van der Waals surface area contributed by atoms with Gasteiger partial charge >= 0.3 is 0 Å². The van der Waals surface area contributed by atoms with Crippen molar-refractivity contribution in [2.75, 3.05) is 5.73 Å². The van der Waals surface area contributed by atoms with Gasteiger partial charge < -0.3 is 5.73 Å². The Hall–Kier alpha value is -1.06. The lowest BCUT2D eigenvalue weighted by molar-refractivity contribution is 0.533. The second-order valence-electron chi connectivity index (χ2n) is 3.90. The van der Waals surface area contributed by atoms with Crippen LogP contribution in [-0.4, -0.2) is 9.78 Å². The topological polar surface area (TPSA) is 43.8 Å². The summed E-state index contributed by atoms with van der Waals surface area (Å²) in [4.78, 5) is 0. The van der Waals surface area contributed by atoms with Gasteiger partial charge in [-0.25, -0.2) is 9.07 Å². The third-order valence-corrected chi connectivity index (χ3v) is 2.37. The molecular formula is C9H14FN3. The summed E-state index contributed by atoms with van der Waals surface area (Å²) in [5.41, 5.74) is 6.16. The van der Waals surface area contributed by atoms with E-state index in [0.717, 1.165) is 12.8 Å². The molecule has 0 radical (unpaired) electrons. The molecule has 72 valence electrons. The largest absolute Gasteiger partial charge is 0.381 e. The SMILES string of the molecule is CC(C)n1nc(C2CC2)c(F)c1N. The van der Waals surface area contributed by atoms with E-state index < -0.39 is 0 Å². The molecule has 0 aliphatic heterocycles. The Morgan fingerprint density at radius 2 is 2.15 bits per heavy atom. The van der Waals surface area contributed by atoms with Crippen molar-refractivity contribution in [1.29, 1.82) is 0 Å². The Morgan fingerprint density at radius 1 is 1.54 bits per heavy atom. The number of nitrogen functional groups attached to an aromatic ring is 1. The molecule has 0 spiro atoms. The molecule has 13 heavy (non-hydrogen) atoms.